The molecular weight excluding hydrogens is 187 g/mol. The molecule has 0 fully saturated rings. The molecule has 2 aromatic carbocycles. The van der Waals surface area contributed by atoms with Crippen LogP contribution in [0.25, 0.3) is 10.8 Å². The smallest absolute Gasteiger partial charge is 0.168 e. The van der Waals surface area contributed by atoms with Gasteiger partial charge < -0.3 is 0 Å². The maximum absolute atomic E-state index is 2.37. The molecule has 0 nitrogen and oxygen atoms in total. The molecule has 0 aliphatic carbocycles. The summed E-state index contributed by atoms with van der Waals surface area (Å²) in [5.41, 5.74) is 2.94. The first-order valence-electron chi connectivity index (χ1n) is 5.79. The monoisotopic (exact) mass is 206 g/mol. The van der Waals surface area contributed by atoms with Crippen molar-refractivity contribution in [3.63, 3.8) is 0 Å². The van der Waals surface area contributed by atoms with Crippen LogP contribution in [0.3, 0.4) is 0 Å². The van der Waals surface area contributed by atoms with E-state index < -0.39 is 0 Å². The van der Waals surface area contributed by atoms with Gasteiger partial charge >= 0.3 is 18.9 Å². The van der Waals surface area contributed by atoms with Crippen molar-refractivity contribution in [1.29, 1.82) is 0 Å². The molecule has 0 aliphatic rings. The van der Waals surface area contributed by atoms with Crippen LogP contribution < -0.4 is 18.9 Å². The van der Waals surface area contributed by atoms with Crippen molar-refractivity contribution in [3.8, 4) is 0 Å². The Morgan fingerprint density at radius 3 is 2.25 bits per heavy atom. The Bertz CT molecular complexity index is 463. The summed E-state index contributed by atoms with van der Waals surface area (Å²) in [6.07, 6.45) is 0. The average Bonchev–Trinajstić information content (AvgIpc) is 2.62. The Labute approximate surface area is 111 Å². The van der Waals surface area contributed by atoms with E-state index in [9.17, 15) is 0 Å². The summed E-state index contributed by atoms with van der Waals surface area (Å²) >= 11 is 0. The quantitative estimate of drug-likeness (QED) is 0.519. The van der Waals surface area contributed by atoms with E-state index in [2.05, 4.69) is 58.0 Å². The van der Waals surface area contributed by atoms with Gasteiger partial charge in [-0.05, 0) is 11.8 Å². The standard InChI is InChI=1S/C15H19.Li/c1-10(2)13-8-12-6-5-7-14(12)15(9-13)11(3)4;/h5-11H,1-4H3;/q-1;+1. The van der Waals surface area contributed by atoms with E-state index >= 15 is 0 Å². The molecule has 0 radical (unpaired) electrons. The van der Waals surface area contributed by atoms with Gasteiger partial charge in [-0.1, -0.05) is 44.9 Å². The van der Waals surface area contributed by atoms with E-state index in [1.165, 1.54) is 21.9 Å². The van der Waals surface area contributed by atoms with Gasteiger partial charge in [0.05, 0.1) is 0 Å². The van der Waals surface area contributed by atoms with Crippen LogP contribution in [0.1, 0.15) is 50.7 Å². The Hall–Kier alpha value is -0.573. The Morgan fingerprint density at radius 2 is 1.69 bits per heavy atom. The molecule has 0 N–H and O–H groups in total. The van der Waals surface area contributed by atoms with Crippen LogP contribution in [0.4, 0.5) is 0 Å². The zero-order valence-electron chi connectivity index (χ0n) is 11.0. The van der Waals surface area contributed by atoms with Gasteiger partial charge in [-0.2, -0.15) is 12.1 Å². The maximum Gasteiger partial charge on any atom is 1.00 e. The van der Waals surface area contributed by atoms with E-state index in [4.69, 9.17) is 0 Å². The van der Waals surface area contributed by atoms with Gasteiger partial charge in [0.2, 0.25) is 0 Å². The minimum absolute atomic E-state index is 0. The second kappa shape index (κ2) is 5.17. The molecular formula is C15H19Li. The van der Waals surface area contributed by atoms with Gasteiger partial charge in [0.25, 0.3) is 0 Å². The number of hydrogen-bond donors (Lipinski definition) is 0. The summed E-state index contributed by atoms with van der Waals surface area (Å²) in [5, 5.41) is 2.82. The van der Waals surface area contributed by atoms with E-state index in [0.717, 1.165) is 0 Å². The molecule has 0 aliphatic heterocycles. The summed E-state index contributed by atoms with van der Waals surface area (Å²) in [6, 6.07) is 11.3. The summed E-state index contributed by atoms with van der Waals surface area (Å²) < 4.78 is 0. The van der Waals surface area contributed by atoms with E-state index in [1.807, 2.05) is 0 Å². The molecule has 0 atom stereocenters. The molecule has 0 unspecified atom stereocenters. The van der Waals surface area contributed by atoms with Gasteiger partial charge in [-0.25, -0.2) is 0 Å². The van der Waals surface area contributed by atoms with Crippen LogP contribution in [-0.2, 0) is 0 Å². The molecule has 0 saturated heterocycles. The third-order valence-corrected chi connectivity index (χ3v) is 3.09. The van der Waals surface area contributed by atoms with Crippen molar-refractivity contribution in [2.45, 2.75) is 39.5 Å². The largest absolute Gasteiger partial charge is 1.00 e. The molecule has 0 aromatic heterocycles. The molecule has 0 bridgehead atoms. The van der Waals surface area contributed by atoms with Crippen molar-refractivity contribution >= 4 is 10.8 Å². The minimum atomic E-state index is 0. The van der Waals surface area contributed by atoms with Crippen LogP contribution in [-0.4, -0.2) is 0 Å². The van der Waals surface area contributed by atoms with Crippen molar-refractivity contribution in [2.75, 3.05) is 0 Å². The SMILES string of the molecule is CC(C)c1cc(C(C)C)c2cc[cH-]c2c1.[Li+]. The third-order valence-electron chi connectivity index (χ3n) is 3.09. The zero-order valence-corrected chi connectivity index (χ0v) is 11.0. The molecule has 0 saturated carbocycles. The maximum atomic E-state index is 2.37. The number of hydrogen-bond acceptors (Lipinski definition) is 0. The Kier molecular flexibility index (Phi) is 4.36. The van der Waals surface area contributed by atoms with Crippen LogP contribution in [0.15, 0.2) is 30.3 Å². The average molecular weight is 206 g/mol. The van der Waals surface area contributed by atoms with E-state index in [1.54, 1.807) is 0 Å². The minimum Gasteiger partial charge on any atom is -0.168 e. The number of benzene rings is 1. The normalized spacial score (nSPS) is 11.1. The van der Waals surface area contributed by atoms with Gasteiger partial charge in [0, 0.05) is 0 Å². The van der Waals surface area contributed by atoms with Crippen LogP contribution in [0, 0.1) is 0 Å². The van der Waals surface area contributed by atoms with Crippen molar-refractivity contribution < 1.29 is 18.9 Å². The fourth-order valence-electron chi connectivity index (χ4n) is 2.11. The zero-order chi connectivity index (χ0) is 11.0. The van der Waals surface area contributed by atoms with E-state index in [-0.39, 0.29) is 18.9 Å². The summed E-state index contributed by atoms with van der Waals surface area (Å²) in [7, 11) is 0. The fraction of sp³-hybridized carbons (Fsp3) is 0.400. The molecule has 0 heterocycles. The van der Waals surface area contributed by atoms with Gasteiger partial charge in [-0.3, -0.25) is 0 Å². The van der Waals surface area contributed by atoms with Gasteiger partial charge in [0.15, 0.2) is 0 Å². The molecule has 0 amide bonds. The number of rotatable bonds is 2. The second-order valence-electron chi connectivity index (χ2n) is 4.95. The second-order valence-corrected chi connectivity index (χ2v) is 4.95. The fourth-order valence-corrected chi connectivity index (χ4v) is 2.11. The first-order valence-corrected chi connectivity index (χ1v) is 5.79. The summed E-state index contributed by atoms with van der Waals surface area (Å²) in [6.45, 7) is 9.06. The molecule has 0 spiro atoms. The van der Waals surface area contributed by atoms with Gasteiger partial charge in [-0.15, -0.1) is 22.9 Å². The van der Waals surface area contributed by atoms with Crippen LogP contribution >= 0.6 is 0 Å². The molecule has 2 aromatic rings. The predicted octanol–water partition coefficient (Wildman–Crippen LogP) is 1.81. The van der Waals surface area contributed by atoms with Crippen molar-refractivity contribution in [3.05, 3.63) is 41.5 Å². The first kappa shape index (κ1) is 13.5. The Balaban J connectivity index is 0.00000128. The van der Waals surface area contributed by atoms with Gasteiger partial charge in [0.1, 0.15) is 0 Å². The van der Waals surface area contributed by atoms with Crippen LogP contribution in [0.5, 0.6) is 0 Å². The molecule has 80 valence electrons. The van der Waals surface area contributed by atoms with Crippen molar-refractivity contribution in [1.82, 2.24) is 0 Å². The summed E-state index contributed by atoms with van der Waals surface area (Å²) in [5.74, 6) is 1.22. The topological polar surface area (TPSA) is 0 Å². The molecule has 16 heavy (non-hydrogen) atoms. The Morgan fingerprint density at radius 1 is 1.00 bits per heavy atom. The van der Waals surface area contributed by atoms with E-state index in [0.29, 0.717) is 11.8 Å². The molecule has 1 heteroatoms. The first-order chi connectivity index (χ1) is 7.09. The summed E-state index contributed by atoms with van der Waals surface area (Å²) in [4.78, 5) is 0. The van der Waals surface area contributed by atoms with Crippen molar-refractivity contribution in [2.24, 2.45) is 0 Å². The number of fused-ring (bicyclic) bond motifs is 1. The predicted molar refractivity (Wildman–Crippen MR) is 67.7 cm³/mol. The molecule has 2 rings (SSSR count). The van der Waals surface area contributed by atoms with Crippen LogP contribution in [0.2, 0.25) is 0 Å². The third kappa shape index (κ3) is 2.39.